The molecule has 0 fully saturated rings. The third kappa shape index (κ3) is 4.64. The maximum Gasteiger partial charge on any atom is 0.251 e. The minimum absolute atomic E-state index is 0.127. The van der Waals surface area contributed by atoms with E-state index in [2.05, 4.69) is 17.9 Å². The van der Waals surface area contributed by atoms with Crippen LogP contribution in [0.4, 0.5) is 4.39 Å². The summed E-state index contributed by atoms with van der Waals surface area (Å²) in [6.07, 6.45) is -0.210. The molecule has 1 atom stereocenters. The summed E-state index contributed by atoms with van der Waals surface area (Å²) in [6, 6.07) is 3.94. The van der Waals surface area contributed by atoms with Crippen LogP contribution in [0.3, 0.4) is 0 Å². The van der Waals surface area contributed by atoms with E-state index in [1.54, 1.807) is 0 Å². The number of benzene rings is 1. The second-order valence-corrected chi connectivity index (χ2v) is 4.30. The number of amides is 1. The molecule has 0 saturated heterocycles. The maximum absolute atomic E-state index is 12.9. The normalized spacial score (nSPS) is 12.2. The summed E-state index contributed by atoms with van der Waals surface area (Å²) >= 11 is 3.90. The topological polar surface area (TPSA) is 58.6 Å². The van der Waals surface area contributed by atoms with Gasteiger partial charge < -0.3 is 15.2 Å². The van der Waals surface area contributed by atoms with Crippen LogP contribution in [-0.2, 0) is 4.74 Å². The second kappa shape index (κ2) is 7.35. The predicted molar refractivity (Wildman–Crippen MR) is 68.5 cm³/mol. The van der Waals surface area contributed by atoms with Gasteiger partial charge in [-0.25, -0.2) is 4.39 Å². The lowest BCUT2D eigenvalue weighted by atomic mass is 10.2. The molecule has 2 N–H and O–H groups in total. The molecule has 0 aliphatic rings. The van der Waals surface area contributed by atoms with Crippen molar-refractivity contribution < 1.29 is 19.0 Å². The van der Waals surface area contributed by atoms with Crippen molar-refractivity contribution in [3.05, 3.63) is 29.6 Å². The molecule has 0 aliphatic heterocycles. The Morgan fingerprint density at radius 2 is 2.33 bits per heavy atom. The molecule has 4 nitrogen and oxygen atoms in total. The average Bonchev–Trinajstić information content (AvgIpc) is 2.33. The van der Waals surface area contributed by atoms with Crippen LogP contribution in [0, 0.1) is 5.82 Å². The zero-order valence-corrected chi connectivity index (χ0v) is 10.9. The SMILES string of the molecule is COCC(O)CCNC(=O)c1ccc(F)c(S)c1. The Hall–Kier alpha value is -1.11. The van der Waals surface area contributed by atoms with Gasteiger partial charge in [0.25, 0.3) is 5.91 Å². The molecule has 0 aromatic heterocycles. The van der Waals surface area contributed by atoms with Gasteiger partial charge in [-0.15, -0.1) is 12.6 Å². The summed E-state index contributed by atoms with van der Waals surface area (Å²) < 4.78 is 17.7. The summed E-state index contributed by atoms with van der Waals surface area (Å²) in [7, 11) is 1.49. The van der Waals surface area contributed by atoms with E-state index in [9.17, 15) is 14.3 Å². The van der Waals surface area contributed by atoms with Crippen LogP contribution in [0.15, 0.2) is 23.1 Å². The highest BCUT2D eigenvalue weighted by molar-refractivity contribution is 7.80. The van der Waals surface area contributed by atoms with Gasteiger partial charge in [-0.3, -0.25) is 4.79 Å². The maximum atomic E-state index is 12.9. The molecular formula is C12H16FNO3S. The summed E-state index contributed by atoms with van der Waals surface area (Å²) in [5.74, 6) is -0.791. The number of hydrogen-bond donors (Lipinski definition) is 3. The third-order valence-corrected chi connectivity index (χ3v) is 2.67. The van der Waals surface area contributed by atoms with Crippen molar-refractivity contribution in [2.75, 3.05) is 20.3 Å². The van der Waals surface area contributed by atoms with E-state index < -0.39 is 11.9 Å². The Bertz CT molecular complexity index is 414. The summed E-state index contributed by atoms with van der Waals surface area (Å²) in [4.78, 5) is 11.8. The number of rotatable bonds is 6. The van der Waals surface area contributed by atoms with Crippen LogP contribution >= 0.6 is 12.6 Å². The predicted octanol–water partition coefficient (Wildman–Crippen LogP) is 1.24. The fraction of sp³-hybridized carbons (Fsp3) is 0.417. The zero-order valence-electron chi connectivity index (χ0n) is 10.0. The molecule has 0 radical (unpaired) electrons. The van der Waals surface area contributed by atoms with Crippen LogP contribution < -0.4 is 5.32 Å². The van der Waals surface area contributed by atoms with Crippen LogP contribution in [0.25, 0.3) is 0 Å². The van der Waals surface area contributed by atoms with Gasteiger partial charge >= 0.3 is 0 Å². The average molecular weight is 273 g/mol. The van der Waals surface area contributed by atoms with E-state index in [0.717, 1.165) is 0 Å². The highest BCUT2D eigenvalue weighted by Crippen LogP contribution is 2.14. The van der Waals surface area contributed by atoms with Crippen LogP contribution in [0.5, 0.6) is 0 Å². The molecule has 0 aliphatic carbocycles. The molecule has 0 bridgehead atoms. The van der Waals surface area contributed by atoms with Gasteiger partial charge in [0.15, 0.2) is 0 Å². The fourth-order valence-corrected chi connectivity index (χ4v) is 1.60. The molecular weight excluding hydrogens is 257 g/mol. The first-order valence-electron chi connectivity index (χ1n) is 5.48. The van der Waals surface area contributed by atoms with Crippen molar-refractivity contribution in [1.29, 1.82) is 0 Å². The quantitative estimate of drug-likeness (QED) is 0.684. The number of carbonyl (C=O) groups is 1. The zero-order chi connectivity index (χ0) is 13.5. The number of halogens is 1. The van der Waals surface area contributed by atoms with Crippen molar-refractivity contribution in [1.82, 2.24) is 5.32 Å². The van der Waals surface area contributed by atoms with Crippen molar-refractivity contribution in [2.45, 2.75) is 17.4 Å². The molecule has 1 rings (SSSR count). The van der Waals surface area contributed by atoms with Crippen LogP contribution in [0.1, 0.15) is 16.8 Å². The molecule has 0 spiro atoms. The molecule has 1 aromatic carbocycles. The second-order valence-electron chi connectivity index (χ2n) is 3.82. The summed E-state index contributed by atoms with van der Waals surface area (Å²) in [5.41, 5.74) is 0.336. The molecule has 6 heteroatoms. The molecule has 100 valence electrons. The van der Waals surface area contributed by atoms with Crippen molar-refractivity contribution in [3.8, 4) is 0 Å². The smallest absolute Gasteiger partial charge is 0.251 e. The van der Waals surface area contributed by atoms with Gasteiger partial charge in [-0.05, 0) is 24.6 Å². The number of hydrogen-bond acceptors (Lipinski definition) is 4. The number of aliphatic hydroxyl groups is 1. The van der Waals surface area contributed by atoms with Crippen LogP contribution in [-0.4, -0.2) is 37.4 Å². The number of thiol groups is 1. The Morgan fingerprint density at radius 3 is 2.94 bits per heavy atom. The molecule has 1 unspecified atom stereocenters. The number of methoxy groups -OCH3 is 1. The molecule has 1 aromatic rings. The molecule has 0 saturated carbocycles. The molecule has 1 amide bonds. The highest BCUT2D eigenvalue weighted by atomic mass is 32.1. The number of carbonyl (C=O) groups excluding carboxylic acids is 1. The Kier molecular flexibility index (Phi) is 6.11. The minimum Gasteiger partial charge on any atom is -0.391 e. The standard InChI is InChI=1S/C12H16FNO3S/c1-17-7-9(15)4-5-14-12(16)8-2-3-10(13)11(18)6-8/h2-3,6,9,15,18H,4-5,7H2,1H3,(H,14,16). The van der Waals surface area contributed by atoms with Gasteiger partial charge in [-0.1, -0.05) is 0 Å². The van der Waals surface area contributed by atoms with E-state index in [4.69, 9.17) is 4.74 Å². The van der Waals surface area contributed by atoms with Crippen LogP contribution in [0.2, 0.25) is 0 Å². The number of aliphatic hydroxyl groups excluding tert-OH is 1. The van der Waals surface area contributed by atoms with Gasteiger partial charge in [0.2, 0.25) is 0 Å². The third-order valence-electron chi connectivity index (χ3n) is 2.33. The summed E-state index contributed by atoms with van der Waals surface area (Å²) in [5, 5.41) is 12.0. The number of nitrogens with one attached hydrogen (secondary N) is 1. The Balaban J connectivity index is 2.43. The lowest BCUT2D eigenvalue weighted by Crippen LogP contribution is -2.28. The van der Waals surface area contributed by atoms with Gasteiger partial charge in [-0.2, -0.15) is 0 Å². The lowest BCUT2D eigenvalue weighted by Gasteiger charge is -2.10. The first-order chi connectivity index (χ1) is 8.54. The monoisotopic (exact) mass is 273 g/mol. The largest absolute Gasteiger partial charge is 0.391 e. The molecule has 18 heavy (non-hydrogen) atoms. The lowest BCUT2D eigenvalue weighted by molar-refractivity contribution is 0.0587. The van der Waals surface area contributed by atoms with Crippen molar-refractivity contribution >= 4 is 18.5 Å². The van der Waals surface area contributed by atoms with E-state index in [1.807, 2.05) is 0 Å². The van der Waals surface area contributed by atoms with Gasteiger partial charge in [0, 0.05) is 24.1 Å². The van der Waals surface area contributed by atoms with E-state index >= 15 is 0 Å². The minimum atomic E-state index is -0.607. The highest BCUT2D eigenvalue weighted by Gasteiger charge is 2.09. The van der Waals surface area contributed by atoms with Gasteiger partial charge in [0.1, 0.15) is 5.82 Å². The summed E-state index contributed by atoms with van der Waals surface area (Å²) in [6.45, 7) is 0.551. The van der Waals surface area contributed by atoms with E-state index in [0.29, 0.717) is 18.5 Å². The van der Waals surface area contributed by atoms with E-state index in [1.165, 1.54) is 25.3 Å². The first-order valence-corrected chi connectivity index (χ1v) is 5.93. The van der Waals surface area contributed by atoms with Crippen molar-refractivity contribution in [2.24, 2.45) is 0 Å². The fourth-order valence-electron chi connectivity index (χ4n) is 1.38. The van der Waals surface area contributed by atoms with Crippen molar-refractivity contribution in [3.63, 3.8) is 0 Å². The first kappa shape index (κ1) is 14.9. The molecule has 0 heterocycles. The Labute approximate surface area is 111 Å². The Morgan fingerprint density at radius 1 is 1.61 bits per heavy atom. The number of ether oxygens (including phenoxy) is 1. The van der Waals surface area contributed by atoms with Gasteiger partial charge in [0.05, 0.1) is 12.7 Å². The van der Waals surface area contributed by atoms with E-state index in [-0.39, 0.29) is 17.4 Å².